The van der Waals surface area contributed by atoms with Crippen LogP contribution in [0, 0.1) is 0 Å². The van der Waals surface area contributed by atoms with Crippen molar-refractivity contribution in [1.82, 2.24) is 0 Å². The second-order valence-electron chi connectivity index (χ2n) is 2.28. The Bertz CT molecular complexity index is 210. The molecule has 11 heavy (non-hydrogen) atoms. The number of hydrogen-bond donors (Lipinski definition) is 1. The Morgan fingerprint density at radius 1 is 1.27 bits per heavy atom. The van der Waals surface area contributed by atoms with Crippen LogP contribution in [0.5, 0.6) is 5.75 Å². The molecule has 0 aliphatic carbocycles. The molecule has 0 bridgehead atoms. The predicted molar refractivity (Wildman–Crippen MR) is 45.6 cm³/mol. The highest BCUT2D eigenvalue weighted by molar-refractivity contribution is 5.99. The van der Waals surface area contributed by atoms with Gasteiger partial charge in [0.25, 0.3) is 0 Å². The van der Waals surface area contributed by atoms with Gasteiger partial charge in [-0.25, -0.2) is 0 Å². The molecule has 2 N–H and O–H groups in total. The molecular weight excluding hydrogens is 154 g/mol. The standard InChI is InChI=1S/C8H10NOSi/c9-6-5-7-1-3-8(10-11)4-2-7/h1-4H,5-6,9H2. The third kappa shape index (κ3) is 2.36. The predicted octanol–water partition coefficient (Wildman–Crippen LogP) is 0.650. The second-order valence-corrected chi connectivity index (χ2v) is 2.49. The van der Waals surface area contributed by atoms with Crippen molar-refractivity contribution in [1.29, 1.82) is 0 Å². The Balaban J connectivity index is 2.66. The highest BCUT2D eigenvalue weighted by Crippen LogP contribution is 2.10. The summed E-state index contributed by atoms with van der Waals surface area (Å²) in [5.41, 5.74) is 6.63. The number of hydrogen-bond acceptors (Lipinski definition) is 2. The molecule has 3 radical (unpaired) electrons. The fourth-order valence-electron chi connectivity index (χ4n) is 0.891. The van der Waals surface area contributed by atoms with Gasteiger partial charge in [0.1, 0.15) is 5.75 Å². The molecule has 0 spiro atoms. The van der Waals surface area contributed by atoms with E-state index in [1.165, 1.54) is 5.56 Å². The lowest BCUT2D eigenvalue weighted by Crippen LogP contribution is -2.02. The molecular formula is C8H10NOSi. The Kier molecular flexibility index (Phi) is 3.13. The molecule has 0 aliphatic rings. The molecule has 0 amide bonds. The van der Waals surface area contributed by atoms with E-state index in [-0.39, 0.29) is 0 Å². The van der Waals surface area contributed by atoms with Crippen LogP contribution in [0.25, 0.3) is 0 Å². The van der Waals surface area contributed by atoms with Crippen LogP contribution in [0.3, 0.4) is 0 Å². The van der Waals surface area contributed by atoms with Gasteiger partial charge in [0.15, 0.2) is 0 Å². The van der Waals surface area contributed by atoms with Crippen LogP contribution < -0.4 is 10.2 Å². The summed E-state index contributed by atoms with van der Waals surface area (Å²) in [5.74, 6) is 0.808. The maximum Gasteiger partial charge on any atom is 0.341 e. The minimum Gasteiger partial charge on any atom is -0.540 e. The number of rotatable bonds is 3. The van der Waals surface area contributed by atoms with E-state index in [2.05, 4.69) is 10.5 Å². The zero-order valence-corrected chi connectivity index (χ0v) is 7.21. The van der Waals surface area contributed by atoms with Gasteiger partial charge in [0.05, 0.1) is 0 Å². The minimum atomic E-state index is 0.689. The van der Waals surface area contributed by atoms with E-state index in [1.54, 1.807) is 0 Å². The molecule has 0 aromatic heterocycles. The molecule has 3 heteroatoms. The first-order valence-electron chi connectivity index (χ1n) is 3.49. The SMILES string of the molecule is NCCc1ccc(O[Si])cc1. The van der Waals surface area contributed by atoms with E-state index in [0.717, 1.165) is 12.2 Å². The third-order valence-electron chi connectivity index (χ3n) is 1.47. The summed E-state index contributed by atoms with van der Waals surface area (Å²) < 4.78 is 4.82. The van der Waals surface area contributed by atoms with Crippen molar-refractivity contribution in [2.45, 2.75) is 6.42 Å². The quantitative estimate of drug-likeness (QED) is 0.666. The lowest BCUT2D eigenvalue weighted by Gasteiger charge is -2.00. The number of nitrogens with two attached hydrogens (primary N) is 1. The highest BCUT2D eigenvalue weighted by atomic mass is 28.2. The second kappa shape index (κ2) is 4.15. The summed E-state index contributed by atoms with van der Waals surface area (Å²) in [4.78, 5) is 0. The van der Waals surface area contributed by atoms with Crippen LogP contribution in [-0.2, 0) is 6.42 Å². The minimum absolute atomic E-state index is 0.689. The Morgan fingerprint density at radius 3 is 2.36 bits per heavy atom. The summed E-state index contributed by atoms with van der Waals surface area (Å²) in [5, 5.41) is 0. The van der Waals surface area contributed by atoms with Gasteiger partial charge >= 0.3 is 10.5 Å². The van der Waals surface area contributed by atoms with E-state index in [9.17, 15) is 0 Å². The fraction of sp³-hybridized carbons (Fsp3) is 0.250. The molecule has 0 aliphatic heterocycles. The summed E-state index contributed by atoms with van der Waals surface area (Å²) in [6.07, 6.45) is 0.919. The summed E-state index contributed by atoms with van der Waals surface area (Å²) in [6.45, 7) is 0.689. The van der Waals surface area contributed by atoms with Gasteiger partial charge in [-0.15, -0.1) is 0 Å². The summed E-state index contributed by atoms with van der Waals surface area (Å²) >= 11 is 0. The van der Waals surface area contributed by atoms with Gasteiger partial charge in [-0.1, -0.05) is 12.1 Å². The van der Waals surface area contributed by atoms with E-state index in [4.69, 9.17) is 10.2 Å². The molecule has 0 heterocycles. The molecule has 0 unspecified atom stereocenters. The Hall–Kier alpha value is -0.803. The van der Waals surface area contributed by atoms with Crippen LogP contribution in [0.1, 0.15) is 5.56 Å². The van der Waals surface area contributed by atoms with Gasteiger partial charge in [0, 0.05) is 0 Å². The molecule has 2 nitrogen and oxygen atoms in total. The van der Waals surface area contributed by atoms with Gasteiger partial charge < -0.3 is 10.2 Å². The Morgan fingerprint density at radius 2 is 1.91 bits per heavy atom. The molecule has 1 rings (SSSR count). The lowest BCUT2D eigenvalue weighted by molar-refractivity contribution is 0.616. The van der Waals surface area contributed by atoms with Crippen molar-refractivity contribution < 1.29 is 4.43 Å². The van der Waals surface area contributed by atoms with Gasteiger partial charge in [-0.3, -0.25) is 0 Å². The van der Waals surface area contributed by atoms with E-state index < -0.39 is 0 Å². The van der Waals surface area contributed by atoms with Gasteiger partial charge in [-0.05, 0) is 30.7 Å². The molecule has 1 aromatic carbocycles. The zero-order chi connectivity index (χ0) is 8.10. The van der Waals surface area contributed by atoms with Crippen molar-refractivity contribution in [2.75, 3.05) is 6.54 Å². The van der Waals surface area contributed by atoms with Crippen LogP contribution in [0.4, 0.5) is 0 Å². The maximum atomic E-state index is 5.39. The average Bonchev–Trinajstić information content (AvgIpc) is 2.07. The van der Waals surface area contributed by atoms with E-state index in [1.807, 2.05) is 24.3 Å². The van der Waals surface area contributed by atoms with Gasteiger partial charge in [0.2, 0.25) is 0 Å². The normalized spacial score (nSPS) is 9.64. The van der Waals surface area contributed by atoms with Crippen molar-refractivity contribution in [3.63, 3.8) is 0 Å². The van der Waals surface area contributed by atoms with Crippen molar-refractivity contribution >= 4 is 10.5 Å². The monoisotopic (exact) mass is 164 g/mol. The third-order valence-corrected chi connectivity index (χ3v) is 1.71. The maximum absolute atomic E-state index is 5.39. The van der Waals surface area contributed by atoms with Crippen molar-refractivity contribution in [2.24, 2.45) is 5.73 Å². The molecule has 0 saturated heterocycles. The molecule has 0 fully saturated rings. The lowest BCUT2D eigenvalue weighted by atomic mass is 10.1. The topological polar surface area (TPSA) is 35.2 Å². The average molecular weight is 164 g/mol. The smallest absolute Gasteiger partial charge is 0.341 e. The molecule has 0 saturated carbocycles. The van der Waals surface area contributed by atoms with Crippen LogP contribution in [-0.4, -0.2) is 17.0 Å². The molecule has 0 atom stereocenters. The summed E-state index contributed by atoms with van der Waals surface area (Å²) in [6, 6.07) is 7.81. The molecule has 57 valence electrons. The largest absolute Gasteiger partial charge is 0.540 e. The van der Waals surface area contributed by atoms with Crippen LogP contribution in [0.15, 0.2) is 24.3 Å². The number of benzene rings is 1. The Labute approximate surface area is 69.9 Å². The zero-order valence-electron chi connectivity index (χ0n) is 6.21. The first-order chi connectivity index (χ1) is 5.36. The van der Waals surface area contributed by atoms with Crippen molar-refractivity contribution in [3.8, 4) is 5.75 Å². The summed E-state index contributed by atoms with van der Waals surface area (Å²) in [7, 11) is 2.94. The van der Waals surface area contributed by atoms with Crippen LogP contribution >= 0.6 is 0 Å². The highest BCUT2D eigenvalue weighted by Gasteiger charge is 1.91. The fourth-order valence-corrected chi connectivity index (χ4v) is 1.03. The van der Waals surface area contributed by atoms with E-state index >= 15 is 0 Å². The first-order valence-corrected chi connectivity index (χ1v) is 3.90. The van der Waals surface area contributed by atoms with Gasteiger partial charge in [-0.2, -0.15) is 0 Å². The van der Waals surface area contributed by atoms with E-state index in [0.29, 0.717) is 6.54 Å². The van der Waals surface area contributed by atoms with Crippen molar-refractivity contribution in [3.05, 3.63) is 29.8 Å². The molecule has 1 aromatic rings. The first kappa shape index (κ1) is 8.29. The van der Waals surface area contributed by atoms with Crippen LogP contribution in [0.2, 0.25) is 0 Å².